The molecule has 7 heteroatoms. The standard InChI is InChI=1S/C9H15F3N2O.ClH/c10-9(11,12)4-3-8(15)14-6-7-2-1-5-13-7;/h7,13H,1-6H2,(H,14,15);1H. The highest BCUT2D eigenvalue weighted by molar-refractivity contribution is 5.85. The summed E-state index contributed by atoms with van der Waals surface area (Å²) in [6.45, 7) is 1.35. The molecule has 16 heavy (non-hydrogen) atoms. The largest absolute Gasteiger partial charge is 0.389 e. The second kappa shape index (κ2) is 6.96. The minimum absolute atomic E-state index is 0. The summed E-state index contributed by atoms with van der Waals surface area (Å²) in [6.07, 6.45) is -3.74. The van der Waals surface area contributed by atoms with Crippen LogP contribution in [0, 0.1) is 0 Å². The molecule has 2 N–H and O–H groups in total. The van der Waals surface area contributed by atoms with Gasteiger partial charge in [-0.25, -0.2) is 0 Å². The average molecular weight is 261 g/mol. The summed E-state index contributed by atoms with van der Waals surface area (Å²) in [5, 5.41) is 5.64. The Labute approximate surface area is 98.6 Å². The lowest BCUT2D eigenvalue weighted by molar-refractivity contribution is -0.144. The fraction of sp³-hybridized carbons (Fsp3) is 0.889. The first-order valence-electron chi connectivity index (χ1n) is 5.04. The minimum Gasteiger partial charge on any atom is -0.355 e. The molecule has 1 unspecified atom stereocenters. The number of alkyl halides is 3. The van der Waals surface area contributed by atoms with Crippen LogP contribution in [0.3, 0.4) is 0 Å². The molecule has 3 nitrogen and oxygen atoms in total. The van der Waals surface area contributed by atoms with Gasteiger partial charge in [0.05, 0.1) is 6.42 Å². The Kier molecular flexibility index (Phi) is 6.74. The van der Waals surface area contributed by atoms with E-state index in [4.69, 9.17) is 0 Å². The maximum absolute atomic E-state index is 11.8. The molecule has 0 aromatic heterocycles. The first kappa shape index (κ1) is 15.5. The zero-order valence-corrected chi connectivity index (χ0v) is 9.59. The molecule has 0 aromatic carbocycles. The van der Waals surface area contributed by atoms with Crippen molar-refractivity contribution in [1.29, 1.82) is 0 Å². The molecule has 1 saturated heterocycles. The van der Waals surface area contributed by atoms with E-state index < -0.39 is 24.9 Å². The molecule has 0 radical (unpaired) electrons. The van der Waals surface area contributed by atoms with Gasteiger partial charge in [0.1, 0.15) is 0 Å². The van der Waals surface area contributed by atoms with Crippen LogP contribution in [-0.4, -0.2) is 31.2 Å². The Morgan fingerprint density at radius 3 is 2.62 bits per heavy atom. The van der Waals surface area contributed by atoms with Gasteiger partial charge in [0, 0.05) is 19.0 Å². The van der Waals surface area contributed by atoms with Crippen molar-refractivity contribution in [3.8, 4) is 0 Å². The maximum atomic E-state index is 11.8. The van der Waals surface area contributed by atoms with E-state index in [0.29, 0.717) is 6.54 Å². The molecular formula is C9H16ClF3N2O. The first-order valence-corrected chi connectivity index (χ1v) is 5.04. The van der Waals surface area contributed by atoms with Crippen molar-refractivity contribution >= 4 is 18.3 Å². The maximum Gasteiger partial charge on any atom is 0.389 e. The van der Waals surface area contributed by atoms with Crippen LogP contribution in [-0.2, 0) is 4.79 Å². The van der Waals surface area contributed by atoms with Crippen molar-refractivity contribution in [1.82, 2.24) is 10.6 Å². The number of halogens is 4. The summed E-state index contributed by atoms with van der Waals surface area (Å²) in [4.78, 5) is 11.0. The minimum atomic E-state index is -4.25. The van der Waals surface area contributed by atoms with Gasteiger partial charge < -0.3 is 10.6 Å². The monoisotopic (exact) mass is 260 g/mol. The van der Waals surface area contributed by atoms with Crippen molar-refractivity contribution in [2.45, 2.75) is 37.9 Å². The molecule has 1 heterocycles. The van der Waals surface area contributed by atoms with Crippen LogP contribution in [0.4, 0.5) is 13.2 Å². The summed E-state index contributed by atoms with van der Waals surface area (Å²) in [5.74, 6) is -0.527. The van der Waals surface area contributed by atoms with Crippen LogP contribution >= 0.6 is 12.4 Å². The number of rotatable bonds is 4. The van der Waals surface area contributed by atoms with Crippen LogP contribution in [0.25, 0.3) is 0 Å². The quantitative estimate of drug-likeness (QED) is 0.807. The smallest absolute Gasteiger partial charge is 0.355 e. The zero-order chi connectivity index (χ0) is 11.3. The number of amides is 1. The predicted octanol–water partition coefficient (Wildman–Crippen LogP) is 1.62. The number of carbonyl (C=O) groups is 1. The average Bonchev–Trinajstić information content (AvgIpc) is 2.62. The highest BCUT2D eigenvalue weighted by Crippen LogP contribution is 2.20. The van der Waals surface area contributed by atoms with Gasteiger partial charge in [-0.15, -0.1) is 12.4 Å². The summed E-state index contributed by atoms with van der Waals surface area (Å²) < 4.78 is 35.3. The van der Waals surface area contributed by atoms with Crippen LogP contribution in [0.5, 0.6) is 0 Å². The van der Waals surface area contributed by atoms with Crippen molar-refractivity contribution in [2.75, 3.05) is 13.1 Å². The number of hydrogen-bond acceptors (Lipinski definition) is 2. The van der Waals surface area contributed by atoms with E-state index in [0.717, 1.165) is 19.4 Å². The Bertz CT molecular complexity index is 217. The van der Waals surface area contributed by atoms with Gasteiger partial charge in [-0.05, 0) is 19.4 Å². The van der Waals surface area contributed by atoms with Gasteiger partial charge in [0.2, 0.25) is 5.91 Å². The fourth-order valence-corrected chi connectivity index (χ4v) is 1.51. The van der Waals surface area contributed by atoms with Gasteiger partial charge in [-0.3, -0.25) is 4.79 Å². The van der Waals surface area contributed by atoms with Crippen LogP contribution in [0.2, 0.25) is 0 Å². The molecule has 0 aromatic rings. The van der Waals surface area contributed by atoms with E-state index in [1.165, 1.54) is 0 Å². The number of nitrogens with one attached hydrogen (secondary N) is 2. The lowest BCUT2D eigenvalue weighted by Gasteiger charge is -2.11. The third-order valence-corrected chi connectivity index (χ3v) is 2.34. The Morgan fingerprint density at radius 1 is 1.44 bits per heavy atom. The van der Waals surface area contributed by atoms with Gasteiger partial charge in [-0.2, -0.15) is 13.2 Å². The lowest BCUT2D eigenvalue weighted by Crippen LogP contribution is -2.37. The third kappa shape index (κ3) is 6.90. The second-order valence-corrected chi connectivity index (χ2v) is 3.71. The van der Waals surface area contributed by atoms with E-state index in [1.54, 1.807) is 0 Å². The normalized spacial score (nSPS) is 20.3. The molecule has 0 aliphatic carbocycles. The molecule has 1 fully saturated rings. The first-order chi connectivity index (χ1) is 6.97. The van der Waals surface area contributed by atoms with Crippen LogP contribution < -0.4 is 10.6 Å². The van der Waals surface area contributed by atoms with Gasteiger partial charge in [0.15, 0.2) is 0 Å². The summed E-state index contributed by atoms with van der Waals surface area (Å²) >= 11 is 0. The van der Waals surface area contributed by atoms with Crippen molar-refractivity contribution in [3.63, 3.8) is 0 Å². The molecule has 1 aliphatic heterocycles. The van der Waals surface area contributed by atoms with E-state index in [-0.39, 0.29) is 18.4 Å². The molecule has 96 valence electrons. The van der Waals surface area contributed by atoms with Crippen LogP contribution in [0.15, 0.2) is 0 Å². The summed E-state index contributed by atoms with van der Waals surface area (Å²) in [5.41, 5.74) is 0. The van der Waals surface area contributed by atoms with Gasteiger partial charge in [-0.1, -0.05) is 0 Å². The highest BCUT2D eigenvalue weighted by atomic mass is 35.5. The molecule has 1 atom stereocenters. The van der Waals surface area contributed by atoms with Crippen molar-refractivity contribution in [3.05, 3.63) is 0 Å². The highest BCUT2D eigenvalue weighted by Gasteiger charge is 2.28. The molecule has 0 spiro atoms. The SMILES string of the molecule is Cl.O=C(CCC(F)(F)F)NCC1CCCN1. The number of hydrogen-bond donors (Lipinski definition) is 2. The molecular weight excluding hydrogens is 245 g/mol. The van der Waals surface area contributed by atoms with Gasteiger partial charge >= 0.3 is 6.18 Å². The molecule has 1 rings (SSSR count). The molecule has 1 aliphatic rings. The fourth-order valence-electron chi connectivity index (χ4n) is 1.51. The van der Waals surface area contributed by atoms with Gasteiger partial charge in [0.25, 0.3) is 0 Å². The Morgan fingerprint density at radius 2 is 2.12 bits per heavy atom. The molecule has 0 bridgehead atoms. The topological polar surface area (TPSA) is 41.1 Å². The molecule has 0 saturated carbocycles. The van der Waals surface area contributed by atoms with Crippen molar-refractivity contribution < 1.29 is 18.0 Å². The third-order valence-electron chi connectivity index (χ3n) is 2.34. The van der Waals surface area contributed by atoms with E-state index in [9.17, 15) is 18.0 Å². The second-order valence-electron chi connectivity index (χ2n) is 3.71. The van der Waals surface area contributed by atoms with E-state index in [1.807, 2.05) is 0 Å². The predicted molar refractivity (Wildman–Crippen MR) is 56.6 cm³/mol. The van der Waals surface area contributed by atoms with Crippen molar-refractivity contribution in [2.24, 2.45) is 0 Å². The van der Waals surface area contributed by atoms with Crippen LogP contribution in [0.1, 0.15) is 25.7 Å². The zero-order valence-electron chi connectivity index (χ0n) is 8.77. The molecule has 1 amide bonds. The lowest BCUT2D eigenvalue weighted by atomic mass is 10.2. The number of carbonyl (C=O) groups excluding carboxylic acids is 1. The van der Waals surface area contributed by atoms with E-state index >= 15 is 0 Å². The summed E-state index contributed by atoms with van der Waals surface area (Å²) in [6, 6.07) is 0.222. The summed E-state index contributed by atoms with van der Waals surface area (Å²) in [7, 11) is 0. The Hall–Kier alpha value is -0.490. The van der Waals surface area contributed by atoms with E-state index in [2.05, 4.69) is 10.6 Å². The Balaban J connectivity index is 0.00000225.